The van der Waals surface area contributed by atoms with E-state index in [9.17, 15) is 0 Å². The third-order valence-electron chi connectivity index (χ3n) is 4.23. The van der Waals surface area contributed by atoms with Gasteiger partial charge in [-0.1, -0.05) is 6.07 Å². The Morgan fingerprint density at radius 1 is 1.30 bits per heavy atom. The number of nitrogens with one attached hydrogen (secondary N) is 1. The number of nitrogens with zero attached hydrogens (tertiary/aromatic N) is 2. The largest absolute Gasteiger partial charge is 0.495 e. The van der Waals surface area contributed by atoms with E-state index in [4.69, 9.17) is 4.74 Å². The number of hydrogen-bond acceptors (Lipinski definition) is 4. The minimum Gasteiger partial charge on any atom is -0.495 e. The summed E-state index contributed by atoms with van der Waals surface area (Å²) in [6, 6.07) is 7.17. The Hall–Kier alpha value is -1.26. The monoisotopic (exact) mass is 277 g/mol. The highest BCUT2D eigenvalue weighted by molar-refractivity contribution is 5.57. The van der Waals surface area contributed by atoms with Crippen LogP contribution in [0.15, 0.2) is 18.2 Å². The first kappa shape index (κ1) is 15.1. The average molecular weight is 277 g/mol. The zero-order valence-electron chi connectivity index (χ0n) is 13.1. The van der Waals surface area contributed by atoms with Gasteiger partial charge >= 0.3 is 0 Å². The van der Waals surface area contributed by atoms with Crippen LogP contribution in [-0.4, -0.2) is 57.2 Å². The first-order chi connectivity index (χ1) is 9.63. The average Bonchev–Trinajstić information content (AvgIpc) is 2.47. The summed E-state index contributed by atoms with van der Waals surface area (Å²) in [6.07, 6.45) is 2.53. The van der Waals surface area contributed by atoms with Crippen molar-refractivity contribution in [2.45, 2.75) is 25.4 Å². The van der Waals surface area contributed by atoms with Crippen LogP contribution in [0.5, 0.6) is 5.75 Å². The highest BCUT2D eigenvalue weighted by Gasteiger charge is 2.20. The van der Waals surface area contributed by atoms with Crippen molar-refractivity contribution in [1.29, 1.82) is 0 Å². The van der Waals surface area contributed by atoms with E-state index in [1.807, 2.05) is 7.05 Å². The third kappa shape index (κ3) is 3.64. The lowest BCUT2D eigenvalue weighted by Crippen LogP contribution is -2.41. The van der Waals surface area contributed by atoms with Gasteiger partial charge in [-0.15, -0.1) is 0 Å². The normalized spacial score (nSPS) is 17.4. The minimum atomic E-state index is 0.743. The summed E-state index contributed by atoms with van der Waals surface area (Å²) in [5, 5.41) is 3.15. The van der Waals surface area contributed by atoms with E-state index in [1.165, 1.54) is 31.5 Å². The van der Waals surface area contributed by atoms with Crippen molar-refractivity contribution in [1.82, 2.24) is 9.80 Å². The molecule has 1 aromatic rings. The lowest BCUT2D eigenvalue weighted by Gasteiger charge is -2.35. The maximum absolute atomic E-state index is 5.43. The van der Waals surface area contributed by atoms with Crippen LogP contribution in [0.4, 0.5) is 5.69 Å². The smallest absolute Gasteiger partial charge is 0.142 e. The highest BCUT2D eigenvalue weighted by atomic mass is 16.5. The molecule has 1 fully saturated rings. The summed E-state index contributed by atoms with van der Waals surface area (Å²) >= 11 is 0. The van der Waals surface area contributed by atoms with Gasteiger partial charge in [0.05, 0.1) is 12.8 Å². The van der Waals surface area contributed by atoms with Crippen LogP contribution >= 0.6 is 0 Å². The second kappa shape index (κ2) is 6.95. The SMILES string of the molecule is CNc1ccc(CN2CCC(N(C)C)CC2)cc1OC. The molecule has 1 N–H and O–H groups in total. The quantitative estimate of drug-likeness (QED) is 0.893. The van der Waals surface area contributed by atoms with Crippen molar-refractivity contribution in [2.24, 2.45) is 0 Å². The van der Waals surface area contributed by atoms with E-state index in [-0.39, 0.29) is 0 Å². The third-order valence-corrected chi connectivity index (χ3v) is 4.23. The van der Waals surface area contributed by atoms with Crippen molar-refractivity contribution in [3.63, 3.8) is 0 Å². The molecule has 1 aromatic carbocycles. The van der Waals surface area contributed by atoms with E-state index in [1.54, 1.807) is 7.11 Å². The Balaban J connectivity index is 1.94. The summed E-state index contributed by atoms with van der Waals surface area (Å²) in [7, 11) is 8.01. The zero-order valence-corrected chi connectivity index (χ0v) is 13.1. The number of benzene rings is 1. The summed E-state index contributed by atoms with van der Waals surface area (Å²) in [5.41, 5.74) is 2.37. The van der Waals surface area contributed by atoms with Crippen LogP contribution in [0.25, 0.3) is 0 Å². The van der Waals surface area contributed by atoms with Crippen molar-refractivity contribution < 1.29 is 4.74 Å². The number of piperidine rings is 1. The van der Waals surface area contributed by atoms with Gasteiger partial charge in [-0.3, -0.25) is 4.90 Å². The topological polar surface area (TPSA) is 27.7 Å². The maximum Gasteiger partial charge on any atom is 0.142 e. The van der Waals surface area contributed by atoms with Crippen molar-refractivity contribution >= 4 is 5.69 Å². The minimum absolute atomic E-state index is 0.743. The predicted octanol–water partition coefficient (Wildman–Crippen LogP) is 2.26. The van der Waals surface area contributed by atoms with E-state index < -0.39 is 0 Å². The Morgan fingerprint density at radius 2 is 2.00 bits per heavy atom. The molecule has 0 radical (unpaired) electrons. The molecular weight excluding hydrogens is 250 g/mol. The van der Waals surface area contributed by atoms with E-state index >= 15 is 0 Å². The Labute approximate surface area is 122 Å². The lowest BCUT2D eigenvalue weighted by atomic mass is 10.0. The fourth-order valence-electron chi connectivity index (χ4n) is 2.89. The van der Waals surface area contributed by atoms with Gasteiger partial charge in [-0.2, -0.15) is 0 Å². The molecule has 0 aliphatic carbocycles. The van der Waals surface area contributed by atoms with E-state index in [0.29, 0.717) is 0 Å². The number of rotatable bonds is 5. The Bertz CT molecular complexity index is 426. The van der Waals surface area contributed by atoms with Gasteiger partial charge in [0.2, 0.25) is 0 Å². The molecule has 2 rings (SSSR count). The number of methoxy groups -OCH3 is 1. The maximum atomic E-state index is 5.43. The van der Waals surface area contributed by atoms with Crippen molar-refractivity contribution in [3.05, 3.63) is 23.8 Å². The molecule has 4 heteroatoms. The highest BCUT2D eigenvalue weighted by Crippen LogP contribution is 2.26. The number of ether oxygens (including phenoxy) is 1. The molecule has 112 valence electrons. The first-order valence-electron chi connectivity index (χ1n) is 7.37. The number of likely N-dealkylation sites (tertiary alicyclic amines) is 1. The van der Waals surface area contributed by atoms with Crippen molar-refractivity contribution in [2.75, 3.05) is 46.7 Å². The van der Waals surface area contributed by atoms with E-state index in [2.05, 4.69) is 47.4 Å². The number of anilines is 1. The van der Waals surface area contributed by atoms with Gasteiger partial charge in [-0.25, -0.2) is 0 Å². The Morgan fingerprint density at radius 3 is 2.55 bits per heavy atom. The second-order valence-electron chi connectivity index (χ2n) is 5.76. The standard InChI is InChI=1S/C16H27N3O/c1-17-15-6-5-13(11-16(15)20-4)12-19-9-7-14(8-10-19)18(2)3/h5-6,11,14,17H,7-10,12H2,1-4H3. The van der Waals surface area contributed by atoms with Crippen LogP contribution in [0, 0.1) is 0 Å². The summed E-state index contributed by atoms with van der Waals surface area (Å²) < 4.78 is 5.43. The molecule has 0 saturated carbocycles. The van der Waals surface area contributed by atoms with Crippen LogP contribution in [-0.2, 0) is 6.54 Å². The van der Waals surface area contributed by atoms with Crippen LogP contribution < -0.4 is 10.1 Å². The molecule has 0 atom stereocenters. The summed E-state index contributed by atoms with van der Waals surface area (Å²) in [5.74, 6) is 0.924. The van der Waals surface area contributed by atoms with Crippen LogP contribution in [0.2, 0.25) is 0 Å². The summed E-state index contributed by atoms with van der Waals surface area (Å²) in [4.78, 5) is 4.88. The molecule has 0 spiro atoms. The lowest BCUT2D eigenvalue weighted by molar-refractivity contribution is 0.140. The fraction of sp³-hybridized carbons (Fsp3) is 0.625. The molecule has 1 heterocycles. The molecule has 0 amide bonds. The first-order valence-corrected chi connectivity index (χ1v) is 7.37. The molecule has 1 aliphatic heterocycles. The van der Waals surface area contributed by atoms with Gasteiger partial charge in [0.15, 0.2) is 0 Å². The number of hydrogen-bond donors (Lipinski definition) is 1. The molecule has 0 aromatic heterocycles. The van der Waals surface area contributed by atoms with Gasteiger partial charge in [-0.05, 0) is 57.7 Å². The molecular formula is C16H27N3O. The van der Waals surface area contributed by atoms with Gasteiger partial charge < -0.3 is 15.0 Å². The second-order valence-corrected chi connectivity index (χ2v) is 5.76. The molecule has 0 bridgehead atoms. The van der Waals surface area contributed by atoms with Crippen LogP contribution in [0.1, 0.15) is 18.4 Å². The molecule has 0 unspecified atom stereocenters. The van der Waals surface area contributed by atoms with Gasteiger partial charge in [0, 0.05) is 19.6 Å². The Kier molecular flexibility index (Phi) is 5.26. The van der Waals surface area contributed by atoms with Crippen LogP contribution in [0.3, 0.4) is 0 Å². The molecule has 1 aliphatic rings. The molecule has 1 saturated heterocycles. The predicted molar refractivity (Wildman–Crippen MR) is 84.5 cm³/mol. The van der Waals surface area contributed by atoms with Gasteiger partial charge in [0.25, 0.3) is 0 Å². The van der Waals surface area contributed by atoms with Crippen molar-refractivity contribution in [3.8, 4) is 5.75 Å². The summed E-state index contributed by atoms with van der Waals surface area (Å²) in [6.45, 7) is 3.37. The molecule has 4 nitrogen and oxygen atoms in total. The van der Waals surface area contributed by atoms with E-state index in [0.717, 1.165) is 24.0 Å². The van der Waals surface area contributed by atoms with Gasteiger partial charge in [0.1, 0.15) is 5.75 Å². The fourth-order valence-corrected chi connectivity index (χ4v) is 2.89. The molecule has 20 heavy (non-hydrogen) atoms. The zero-order chi connectivity index (χ0) is 14.5.